The number of halogens is 1. The van der Waals surface area contributed by atoms with Crippen molar-refractivity contribution in [2.75, 3.05) is 6.54 Å². The number of amides is 1. The number of fused-ring (bicyclic) bond motifs is 1. The number of nitro benzene ring substituents is 1. The number of nitrogens with zero attached hydrogens (tertiary/aromatic N) is 2. The van der Waals surface area contributed by atoms with Gasteiger partial charge in [0.1, 0.15) is 0 Å². The summed E-state index contributed by atoms with van der Waals surface area (Å²) < 4.78 is 12.9. The van der Waals surface area contributed by atoms with Crippen molar-refractivity contribution in [3.05, 3.63) is 39.4 Å². The van der Waals surface area contributed by atoms with Gasteiger partial charge in [-0.05, 0) is 12.0 Å². The summed E-state index contributed by atoms with van der Waals surface area (Å²) in [6.45, 7) is 0.00362. The Bertz CT molecular complexity index is 447. The minimum Gasteiger partial charge on any atom is -0.266 e. The average molecular weight is 210 g/mol. The number of carbonyl (C=O) groups excluding carboxylic acids is 1. The van der Waals surface area contributed by atoms with Gasteiger partial charge >= 0.3 is 0 Å². The molecule has 0 spiro atoms. The Hall–Kier alpha value is -1.98. The fourth-order valence-corrected chi connectivity index (χ4v) is 1.55. The van der Waals surface area contributed by atoms with E-state index < -0.39 is 10.8 Å². The summed E-state index contributed by atoms with van der Waals surface area (Å²) in [7, 11) is 0. The zero-order valence-corrected chi connectivity index (χ0v) is 7.64. The Morgan fingerprint density at radius 3 is 2.87 bits per heavy atom. The molecule has 0 unspecified atom stereocenters. The lowest BCUT2D eigenvalue weighted by Gasteiger charge is -2.19. The number of benzene rings is 1. The second-order valence-corrected chi connectivity index (χ2v) is 3.24. The van der Waals surface area contributed by atoms with Gasteiger partial charge in [-0.2, -0.15) is 5.12 Å². The van der Waals surface area contributed by atoms with Gasteiger partial charge in [0, 0.05) is 12.1 Å². The van der Waals surface area contributed by atoms with Crippen molar-refractivity contribution in [2.24, 2.45) is 0 Å². The molecule has 1 aliphatic rings. The quantitative estimate of drug-likeness (QED) is 0.400. The summed E-state index contributed by atoms with van der Waals surface area (Å²) in [6, 6.07) is 3.93. The Morgan fingerprint density at radius 2 is 2.20 bits per heavy atom. The molecule has 1 aromatic carbocycles. The highest BCUT2D eigenvalue weighted by Crippen LogP contribution is 2.23. The highest BCUT2D eigenvalue weighted by molar-refractivity contribution is 5.96. The van der Waals surface area contributed by atoms with Gasteiger partial charge < -0.3 is 0 Å². The first-order valence-corrected chi connectivity index (χ1v) is 4.34. The lowest BCUT2D eigenvalue weighted by atomic mass is 10.00. The third-order valence-corrected chi connectivity index (χ3v) is 2.33. The van der Waals surface area contributed by atoms with Crippen LogP contribution in [0.1, 0.15) is 15.9 Å². The van der Waals surface area contributed by atoms with E-state index in [2.05, 4.69) is 0 Å². The van der Waals surface area contributed by atoms with Gasteiger partial charge in [-0.3, -0.25) is 14.9 Å². The summed E-state index contributed by atoms with van der Waals surface area (Å²) in [5, 5.41) is 10.5. The van der Waals surface area contributed by atoms with Crippen LogP contribution in [0, 0.1) is 10.1 Å². The molecule has 1 aliphatic heterocycles. The number of hydrogen-bond acceptors (Lipinski definition) is 3. The van der Waals surface area contributed by atoms with Crippen molar-refractivity contribution in [1.82, 2.24) is 5.12 Å². The summed E-state index contributed by atoms with van der Waals surface area (Å²) in [4.78, 5) is 21.2. The first-order chi connectivity index (χ1) is 7.09. The molecule has 0 saturated carbocycles. The number of carbonyl (C=O) groups is 1. The normalized spacial score (nSPS) is 15.0. The van der Waals surface area contributed by atoms with Crippen LogP contribution in [0.15, 0.2) is 18.2 Å². The van der Waals surface area contributed by atoms with Crippen molar-refractivity contribution in [3.8, 4) is 0 Å². The third-order valence-electron chi connectivity index (χ3n) is 2.33. The molecular weight excluding hydrogens is 203 g/mol. The highest BCUT2D eigenvalue weighted by Gasteiger charge is 2.26. The molecule has 0 aromatic heterocycles. The van der Waals surface area contributed by atoms with E-state index in [9.17, 15) is 19.4 Å². The maximum absolute atomic E-state index is 12.9. The second kappa shape index (κ2) is 3.30. The molecule has 0 fully saturated rings. The zero-order chi connectivity index (χ0) is 11.0. The summed E-state index contributed by atoms with van der Waals surface area (Å²) in [6.07, 6.45) is 0.384. The van der Waals surface area contributed by atoms with Crippen molar-refractivity contribution < 1.29 is 14.2 Å². The second-order valence-electron chi connectivity index (χ2n) is 3.24. The van der Waals surface area contributed by atoms with E-state index in [0.717, 1.165) is 6.07 Å². The van der Waals surface area contributed by atoms with Gasteiger partial charge in [0.05, 0.1) is 17.0 Å². The standard InChI is InChI=1S/C9H7FN2O3/c10-11-4-3-6-1-2-7(12(14)15)5-8(6)9(11)13/h1-2,5H,3-4H2. The first-order valence-electron chi connectivity index (χ1n) is 4.34. The van der Waals surface area contributed by atoms with Crippen molar-refractivity contribution in [2.45, 2.75) is 6.42 Å². The maximum atomic E-state index is 12.9. The lowest BCUT2D eigenvalue weighted by molar-refractivity contribution is -0.384. The number of nitro groups is 1. The first kappa shape index (κ1) is 9.57. The molecule has 2 rings (SSSR count). The molecule has 0 saturated heterocycles. The molecule has 15 heavy (non-hydrogen) atoms. The summed E-state index contributed by atoms with van der Waals surface area (Å²) >= 11 is 0. The monoisotopic (exact) mass is 210 g/mol. The third kappa shape index (κ3) is 1.54. The van der Waals surface area contributed by atoms with E-state index in [0.29, 0.717) is 12.0 Å². The molecule has 0 atom stereocenters. The van der Waals surface area contributed by atoms with Crippen LogP contribution in [0.5, 0.6) is 0 Å². The molecule has 0 radical (unpaired) electrons. The van der Waals surface area contributed by atoms with Crippen molar-refractivity contribution in [1.29, 1.82) is 0 Å². The Balaban J connectivity index is 2.50. The predicted molar refractivity (Wildman–Crippen MR) is 48.9 cm³/mol. The predicted octanol–water partition coefficient (Wildman–Crippen LogP) is 1.48. The van der Waals surface area contributed by atoms with E-state index in [-0.39, 0.29) is 22.9 Å². The molecule has 1 aromatic rings. The topological polar surface area (TPSA) is 63.4 Å². The summed E-state index contributed by atoms with van der Waals surface area (Å²) in [5.74, 6) is -0.806. The minimum atomic E-state index is -0.806. The average Bonchev–Trinajstić information content (AvgIpc) is 2.23. The van der Waals surface area contributed by atoms with E-state index in [1.807, 2.05) is 0 Å². The zero-order valence-electron chi connectivity index (χ0n) is 7.64. The van der Waals surface area contributed by atoms with Crippen LogP contribution in [-0.4, -0.2) is 22.5 Å². The Kier molecular flexibility index (Phi) is 2.11. The van der Waals surface area contributed by atoms with Crippen LogP contribution in [-0.2, 0) is 6.42 Å². The molecule has 6 heteroatoms. The van der Waals surface area contributed by atoms with Crippen LogP contribution in [0.25, 0.3) is 0 Å². The number of hydrogen-bond donors (Lipinski definition) is 0. The van der Waals surface area contributed by atoms with Crippen molar-refractivity contribution in [3.63, 3.8) is 0 Å². The van der Waals surface area contributed by atoms with Gasteiger partial charge in [-0.1, -0.05) is 10.5 Å². The number of non-ortho nitro benzene ring substituents is 1. The van der Waals surface area contributed by atoms with Gasteiger partial charge in [0.15, 0.2) is 0 Å². The SMILES string of the molecule is O=C1c2cc([N+](=O)[O-])ccc2CCN1F. The smallest absolute Gasteiger partial charge is 0.266 e. The van der Waals surface area contributed by atoms with Crippen LogP contribution in [0.4, 0.5) is 10.2 Å². The maximum Gasteiger partial charge on any atom is 0.282 e. The molecule has 1 heterocycles. The van der Waals surface area contributed by atoms with Gasteiger partial charge in [0.2, 0.25) is 0 Å². The van der Waals surface area contributed by atoms with Crippen LogP contribution >= 0.6 is 0 Å². The van der Waals surface area contributed by atoms with Gasteiger partial charge in [-0.15, -0.1) is 0 Å². The lowest BCUT2D eigenvalue weighted by Crippen LogP contribution is -2.31. The van der Waals surface area contributed by atoms with Gasteiger partial charge in [-0.25, -0.2) is 0 Å². The van der Waals surface area contributed by atoms with E-state index in [1.54, 1.807) is 0 Å². The van der Waals surface area contributed by atoms with E-state index >= 15 is 0 Å². The summed E-state index contributed by atoms with van der Waals surface area (Å²) in [5.41, 5.74) is 0.537. The van der Waals surface area contributed by atoms with Crippen molar-refractivity contribution >= 4 is 11.6 Å². The minimum absolute atomic E-state index is 0.00362. The highest BCUT2D eigenvalue weighted by atomic mass is 19.2. The Labute approximate surface area is 84.2 Å². The van der Waals surface area contributed by atoms with E-state index in [1.165, 1.54) is 12.1 Å². The molecule has 78 valence electrons. The molecular formula is C9H7FN2O3. The van der Waals surface area contributed by atoms with Gasteiger partial charge in [0.25, 0.3) is 11.6 Å². The van der Waals surface area contributed by atoms with Crippen LogP contribution in [0.2, 0.25) is 0 Å². The molecule has 0 N–H and O–H groups in total. The molecule has 0 bridgehead atoms. The van der Waals surface area contributed by atoms with E-state index in [4.69, 9.17) is 0 Å². The van der Waals surface area contributed by atoms with Crippen LogP contribution in [0.3, 0.4) is 0 Å². The number of rotatable bonds is 1. The fourth-order valence-electron chi connectivity index (χ4n) is 1.55. The molecule has 5 nitrogen and oxygen atoms in total. The molecule has 0 aliphatic carbocycles. The largest absolute Gasteiger partial charge is 0.282 e. The molecule has 1 amide bonds. The van der Waals surface area contributed by atoms with Crippen LogP contribution < -0.4 is 0 Å². The Morgan fingerprint density at radius 1 is 1.47 bits per heavy atom. The fraction of sp³-hybridized carbons (Fsp3) is 0.222.